The zero-order chi connectivity index (χ0) is 19.1. The van der Waals surface area contributed by atoms with E-state index >= 15 is 0 Å². The van der Waals surface area contributed by atoms with E-state index in [1.165, 1.54) is 0 Å². The van der Waals surface area contributed by atoms with Gasteiger partial charge in [0.25, 0.3) is 0 Å². The van der Waals surface area contributed by atoms with E-state index in [1.54, 1.807) is 0 Å². The molecule has 0 saturated carbocycles. The Labute approximate surface area is 163 Å². The van der Waals surface area contributed by atoms with Gasteiger partial charge in [-0.15, -0.1) is 0 Å². The molecular weight excluding hydrogens is 345 g/mol. The van der Waals surface area contributed by atoms with Crippen LogP contribution in [0, 0.1) is 0 Å². The average Bonchev–Trinajstić information content (AvgIpc) is 3.08. The lowest BCUT2D eigenvalue weighted by Crippen LogP contribution is -2.35. The maximum Gasteiger partial charge on any atom is 0.491 e. The van der Waals surface area contributed by atoms with E-state index in [1.807, 2.05) is 72.8 Å². The predicted octanol–water partition coefficient (Wildman–Crippen LogP) is 4.13. The first kappa shape index (κ1) is 16.8. The van der Waals surface area contributed by atoms with E-state index in [-0.39, 0.29) is 0 Å². The van der Waals surface area contributed by atoms with Crippen LogP contribution < -0.4 is 5.46 Å². The van der Waals surface area contributed by atoms with Crippen LogP contribution in [0.3, 0.4) is 0 Å². The molecule has 0 aliphatic heterocycles. The third kappa shape index (κ3) is 2.54. The number of rotatable bonds is 3. The minimum absolute atomic E-state index is 0.500. The number of hydrogen-bond donors (Lipinski definition) is 2. The highest BCUT2D eigenvalue weighted by Crippen LogP contribution is 2.32. The van der Waals surface area contributed by atoms with Gasteiger partial charge in [0.15, 0.2) is 0 Å². The molecule has 2 N–H and O–H groups in total. The summed E-state index contributed by atoms with van der Waals surface area (Å²) in [6, 6.07) is 32.1. The normalized spacial score (nSPS) is 11.2. The Morgan fingerprint density at radius 3 is 1.75 bits per heavy atom. The minimum Gasteiger partial charge on any atom is -0.423 e. The highest BCUT2D eigenvalue weighted by Gasteiger charge is 2.24. The topological polar surface area (TPSA) is 45.4 Å². The Kier molecular flexibility index (Phi) is 4.01. The maximum atomic E-state index is 10.3. The molecule has 4 aromatic carbocycles. The van der Waals surface area contributed by atoms with Crippen LogP contribution in [0.5, 0.6) is 0 Å². The second-order valence-electron chi connectivity index (χ2n) is 6.85. The van der Waals surface area contributed by atoms with Crippen LogP contribution in [0.1, 0.15) is 0 Å². The Morgan fingerprint density at radius 2 is 1.14 bits per heavy atom. The second kappa shape index (κ2) is 6.68. The molecule has 4 heteroatoms. The summed E-state index contributed by atoms with van der Waals surface area (Å²) < 4.78 is 2.12. The first-order valence-corrected chi connectivity index (χ1v) is 9.29. The van der Waals surface area contributed by atoms with Gasteiger partial charge in [-0.25, -0.2) is 0 Å². The number of para-hydroxylation sites is 2. The Hall–Kier alpha value is -3.34. The molecule has 0 bridgehead atoms. The van der Waals surface area contributed by atoms with E-state index in [4.69, 9.17) is 0 Å². The molecular formula is C24H18BNO2. The molecule has 0 saturated heterocycles. The first-order chi connectivity index (χ1) is 13.8. The second-order valence-corrected chi connectivity index (χ2v) is 6.85. The summed E-state index contributed by atoms with van der Waals surface area (Å²) in [4.78, 5) is 0. The van der Waals surface area contributed by atoms with Crippen molar-refractivity contribution in [3.05, 3.63) is 97.1 Å². The summed E-state index contributed by atoms with van der Waals surface area (Å²) >= 11 is 0. The van der Waals surface area contributed by atoms with Crippen molar-refractivity contribution in [3.63, 3.8) is 0 Å². The van der Waals surface area contributed by atoms with Gasteiger partial charge in [-0.3, -0.25) is 0 Å². The van der Waals surface area contributed by atoms with Crippen LogP contribution in [0.25, 0.3) is 38.6 Å². The smallest absolute Gasteiger partial charge is 0.423 e. The van der Waals surface area contributed by atoms with E-state index in [2.05, 4.69) is 28.8 Å². The van der Waals surface area contributed by atoms with Gasteiger partial charge in [0.05, 0.1) is 11.0 Å². The SMILES string of the molecule is OB(O)c1c(-c2ccccc2)cccc1-n1c2ccccc2c2ccccc21. The lowest BCUT2D eigenvalue weighted by Gasteiger charge is -2.17. The maximum absolute atomic E-state index is 10.3. The lowest BCUT2D eigenvalue weighted by molar-refractivity contribution is 0.426. The molecule has 0 amide bonds. The summed E-state index contributed by atoms with van der Waals surface area (Å²) in [6.07, 6.45) is 0. The molecule has 0 unspecified atom stereocenters. The Balaban J connectivity index is 1.91. The Morgan fingerprint density at radius 1 is 0.571 bits per heavy atom. The van der Waals surface area contributed by atoms with E-state index in [0.717, 1.165) is 38.6 Å². The van der Waals surface area contributed by atoms with Gasteiger partial charge < -0.3 is 14.6 Å². The molecule has 5 aromatic rings. The lowest BCUT2D eigenvalue weighted by atomic mass is 9.74. The molecule has 0 atom stereocenters. The molecule has 28 heavy (non-hydrogen) atoms. The standard InChI is InChI=1S/C24H18BNO2/c27-25(28)24-18(17-9-2-1-3-10-17)13-8-16-23(24)26-21-14-6-4-11-19(21)20-12-5-7-15-22(20)26/h1-16,27-28H. The van der Waals surface area contributed by atoms with Crippen molar-refractivity contribution >= 4 is 34.4 Å². The first-order valence-electron chi connectivity index (χ1n) is 9.29. The highest BCUT2D eigenvalue weighted by atomic mass is 16.4. The van der Waals surface area contributed by atoms with Crippen molar-refractivity contribution in [2.75, 3.05) is 0 Å². The number of fused-ring (bicyclic) bond motifs is 3. The van der Waals surface area contributed by atoms with Gasteiger partial charge in [0.2, 0.25) is 0 Å². The average molecular weight is 363 g/mol. The molecule has 0 radical (unpaired) electrons. The van der Waals surface area contributed by atoms with E-state index in [0.29, 0.717) is 5.46 Å². The highest BCUT2D eigenvalue weighted by molar-refractivity contribution is 6.62. The van der Waals surface area contributed by atoms with Crippen LogP contribution >= 0.6 is 0 Å². The largest absolute Gasteiger partial charge is 0.491 e. The molecule has 0 spiro atoms. The summed E-state index contributed by atoms with van der Waals surface area (Å²) in [5, 5.41) is 22.9. The van der Waals surface area contributed by atoms with Gasteiger partial charge in [-0.05, 0) is 29.3 Å². The van der Waals surface area contributed by atoms with Gasteiger partial charge >= 0.3 is 7.12 Å². The Bertz CT molecular complexity index is 1240. The molecule has 1 aromatic heterocycles. The third-order valence-electron chi connectivity index (χ3n) is 5.25. The molecule has 0 aliphatic rings. The van der Waals surface area contributed by atoms with E-state index in [9.17, 15) is 10.0 Å². The predicted molar refractivity (Wildman–Crippen MR) is 116 cm³/mol. The van der Waals surface area contributed by atoms with Crippen LogP contribution in [0.15, 0.2) is 97.1 Å². The van der Waals surface area contributed by atoms with Crippen molar-refractivity contribution in [1.29, 1.82) is 0 Å². The molecule has 0 fully saturated rings. The van der Waals surface area contributed by atoms with Crippen LogP contribution in [0.4, 0.5) is 0 Å². The van der Waals surface area contributed by atoms with Gasteiger partial charge in [0, 0.05) is 21.9 Å². The number of hydrogen-bond acceptors (Lipinski definition) is 2. The molecule has 1 heterocycles. The van der Waals surface area contributed by atoms with Crippen LogP contribution in [0.2, 0.25) is 0 Å². The molecule has 3 nitrogen and oxygen atoms in total. The van der Waals surface area contributed by atoms with Crippen molar-refractivity contribution in [2.45, 2.75) is 0 Å². The zero-order valence-electron chi connectivity index (χ0n) is 15.2. The summed E-state index contributed by atoms with van der Waals surface area (Å²) in [7, 11) is -1.59. The molecule has 134 valence electrons. The number of benzene rings is 4. The molecule has 0 aliphatic carbocycles. The number of nitrogens with zero attached hydrogens (tertiary/aromatic N) is 1. The summed E-state index contributed by atoms with van der Waals surface area (Å²) in [6.45, 7) is 0. The van der Waals surface area contributed by atoms with Crippen LogP contribution in [-0.2, 0) is 0 Å². The fraction of sp³-hybridized carbons (Fsp3) is 0. The summed E-state index contributed by atoms with van der Waals surface area (Å²) in [5.74, 6) is 0. The zero-order valence-corrected chi connectivity index (χ0v) is 15.2. The fourth-order valence-corrected chi connectivity index (χ4v) is 4.07. The van der Waals surface area contributed by atoms with E-state index < -0.39 is 7.12 Å². The van der Waals surface area contributed by atoms with Crippen molar-refractivity contribution in [1.82, 2.24) is 4.57 Å². The molecule has 5 rings (SSSR count). The fourth-order valence-electron chi connectivity index (χ4n) is 4.07. The monoisotopic (exact) mass is 363 g/mol. The minimum atomic E-state index is -1.59. The van der Waals surface area contributed by atoms with Gasteiger partial charge in [-0.1, -0.05) is 78.9 Å². The quantitative estimate of drug-likeness (QED) is 0.474. The number of aromatic nitrogens is 1. The third-order valence-corrected chi connectivity index (χ3v) is 5.25. The van der Waals surface area contributed by atoms with Crippen molar-refractivity contribution in [3.8, 4) is 16.8 Å². The van der Waals surface area contributed by atoms with Crippen LogP contribution in [-0.4, -0.2) is 21.7 Å². The van der Waals surface area contributed by atoms with Gasteiger partial charge in [-0.2, -0.15) is 0 Å². The van der Waals surface area contributed by atoms with Crippen molar-refractivity contribution in [2.24, 2.45) is 0 Å². The van der Waals surface area contributed by atoms with Gasteiger partial charge in [0.1, 0.15) is 0 Å². The summed E-state index contributed by atoms with van der Waals surface area (Å²) in [5.41, 5.74) is 5.11. The van der Waals surface area contributed by atoms with Crippen molar-refractivity contribution < 1.29 is 10.0 Å².